The molecule has 1 saturated heterocycles. The van der Waals surface area contributed by atoms with Crippen molar-refractivity contribution in [2.24, 2.45) is 5.92 Å². The summed E-state index contributed by atoms with van der Waals surface area (Å²) in [5, 5.41) is 0.205. The van der Waals surface area contributed by atoms with E-state index in [0.29, 0.717) is 12.5 Å². The summed E-state index contributed by atoms with van der Waals surface area (Å²) in [6.45, 7) is 4.70. The fourth-order valence-corrected chi connectivity index (χ4v) is 4.49. The van der Waals surface area contributed by atoms with E-state index in [1.165, 1.54) is 18.3 Å². The van der Waals surface area contributed by atoms with Crippen LogP contribution < -0.4 is 0 Å². The lowest BCUT2D eigenvalue weighted by molar-refractivity contribution is 0.316. The predicted molar refractivity (Wildman–Crippen MR) is 71.0 cm³/mol. The van der Waals surface area contributed by atoms with E-state index in [9.17, 15) is 8.42 Å². The van der Waals surface area contributed by atoms with Crippen molar-refractivity contribution in [2.75, 3.05) is 6.54 Å². The zero-order chi connectivity index (χ0) is 13.3. The third kappa shape index (κ3) is 2.53. The zero-order valence-corrected chi connectivity index (χ0v) is 12.1. The van der Waals surface area contributed by atoms with Crippen molar-refractivity contribution in [2.45, 2.75) is 37.6 Å². The maximum atomic E-state index is 12.5. The van der Waals surface area contributed by atoms with Crippen LogP contribution in [0.1, 0.15) is 26.7 Å². The summed E-state index contributed by atoms with van der Waals surface area (Å²) in [5.74, 6) is 0.319. The van der Waals surface area contributed by atoms with Gasteiger partial charge < -0.3 is 0 Å². The summed E-state index contributed by atoms with van der Waals surface area (Å²) in [5.41, 5.74) is 0. The van der Waals surface area contributed by atoms with Crippen LogP contribution in [0.2, 0.25) is 5.15 Å². The molecule has 0 amide bonds. The number of sulfonamides is 1. The Kier molecular flexibility index (Phi) is 3.94. The topological polar surface area (TPSA) is 50.3 Å². The monoisotopic (exact) mass is 288 g/mol. The van der Waals surface area contributed by atoms with Gasteiger partial charge in [0.2, 0.25) is 10.0 Å². The summed E-state index contributed by atoms with van der Waals surface area (Å²) >= 11 is 5.76. The minimum absolute atomic E-state index is 0.0851. The molecule has 1 aromatic heterocycles. The first kappa shape index (κ1) is 13.8. The lowest BCUT2D eigenvalue weighted by Crippen LogP contribution is -2.38. The zero-order valence-electron chi connectivity index (χ0n) is 10.5. The van der Waals surface area contributed by atoms with E-state index in [0.717, 1.165) is 12.8 Å². The molecule has 0 aliphatic carbocycles. The highest BCUT2D eigenvalue weighted by molar-refractivity contribution is 7.89. The first-order valence-electron chi connectivity index (χ1n) is 6.06. The first-order valence-corrected chi connectivity index (χ1v) is 7.88. The minimum atomic E-state index is -3.45. The number of pyridine rings is 1. The summed E-state index contributed by atoms with van der Waals surface area (Å²) in [7, 11) is -3.45. The molecule has 1 aromatic rings. The first-order chi connectivity index (χ1) is 8.43. The standard InChI is InChI=1S/C12H17ClN2O2S/c1-9(2)11-4-3-7-15(11)18(16,17)10-5-6-14-12(13)8-10/h5-6,8-9,11H,3-4,7H2,1-2H3. The second kappa shape index (κ2) is 5.15. The lowest BCUT2D eigenvalue weighted by atomic mass is 10.0. The maximum Gasteiger partial charge on any atom is 0.243 e. The average Bonchev–Trinajstić information content (AvgIpc) is 2.78. The summed E-state index contributed by atoms with van der Waals surface area (Å²) in [6, 6.07) is 2.99. The number of aromatic nitrogens is 1. The van der Waals surface area contributed by atoms with Gasteiger partial charge in [0.15, 0.2) is 0 Å². The fraction of sp³-hybridized carbons (Fsp3) is 0.583. The molecule has 2 heterocycles. The predicted octanol–water partition coefficient (Wildman–Crippen LogP) is 2.54. The Labute approximate surface area is 113 Å². The molecule has 18 heavy (non-hydrogen) atoms. The van der Waals surface area contributed by atoms with Gasteiger partial charge in [-0.1, -0.05) is 25.4 Å². The quantitative estimate of drug-likeness (QED) is 0.803. The van der Waals surface area contributed by atoms with Gasteiger partial charge in [0.05, 0.1) is 4.90 Å². The van der Waals surface area contributed by atoms with Crippen molar-refractivity contribution >= 4 is 21.6 Å². The maximum absolute atomic E-state index is 12.5. The van der Waals surface area contributed by atoms with E-state index in [2.05, 4.69) is 18.8 Å². The molecule has 6 heteroatoms. The van der Waals surface area contributed by atoms with Crippen LogP contribution in [0, 0.1) is 5.92 Å². The molecule has 0 radical (unpaired) electrons. The van der Waals surface area contributed by atoms with Crippen molar-refractivity contribution in [1.29, 1.82) is 0 Å². The second-order valence-electron chi connectivity index (χ2n) is 4.88. The molecule has 1 fully saturated rings. The fourth-order valence-electron chi connectivity index (χ4n) is 2.41. The van der Waals surface area contributed by atoms with Crippen LogP contribution in [-0.2, 0) is 10.0 Å². The van der Waals surface area contributed by atoms with Crippen molar-refractivity contribution in [3.8, 4) is 0 Å². The van der Waals surface area contributed by atoms with Crippen LogP contribution in [0.3, 0.4) is 0 Å². The van der Waals surface area contributed by atoms with Gasteiger partial charge in [-0.05, 0) is 30.9 Å². The van der Waals surface area contributed by atoms with Crippen molar-refractivity contribution in [1.82, 2.24) is 9.29 Å². The van der Waals surface area contributed by atoms with Crippen LogP contribution >= 0.6 is 11.6 Å². The molecule has 1 aliphatic rings. The van der Waals surface area contributed by atoms with Gasteiger partial charge in [0.1, 0.15) is 5.15 Å². The Morgan fingerprint density at radius 1 is 1.50 bits per heavy atom. The van der Waals surface area contributed by atoms with Gasteiger partial charge in [-0.3, -0.25) is 0 Å². The van der Waals surface area contributed by atoms with Gasteiger partial charge in [-0.25, -0.2) is 13.4 Å². The van der Waals surface area contributed by atoms with E-state index in [-0.39, 0.29) is 16.1 Å². The minimum Gasteiger partial charge on any atom is -0.244 e. The smallest absolute Gasteiger partial charge is 0.243 e. The van der Waals surface area contributed by atoms with Crippen LogP contribution in [-0.4, -0.2) is 30.3 Å². The number of hydrogen-bond acceptors (Lipinski definition) is 3. The molecule has 4 nitrogen and oxygen atoms in total. The molecule has 0 spiro atoms. The molecule has 1 atom stereocenters. The molecule has 0 bridgehead atoms. The lowest BCUT2D eigenvalue weighted by Gasteiger charge is -2.26. The van der Waals surface area contributed by atoms with E-state index in [4.69, 9.17) is 11.6 Å². The third-order valence-corrected chi connectivity index (χ3v) is 5.45. The Morgan fingerprint density at radius 3 is 2.83 bits per heavy atom. The highest BCUT2D eigenvalue weighted by Gasteiger charge is 2.36. The third-order valence-electron chi connectivity index (χ3n) is 3.32. The Bertz CT molecular complexity index is 531. The molecule has 1 aliphatic heterocycles. The van der Waals surface area contributed by atoms with Crippen molar-refractivity contribution in [3.63, 3.8) is 0 Å². The molecule has 1 unspecified atom stereocenters. The van der Waals surface area contributed by atoms with E-state index >= 15 is 0 Å². The number of halogens is 1. The number of rotatable bonds is 3. The van der Waals surface area contributed by atoms with Gasteiger partial charge >= 0.3 is 0 Å². The van der Waals surface area contributed by atoms with Crippen molar-refractivity contribution in [3.05, 3.63) is 23.5 Å². The Balaban J connectivity index is 2.37. The molecule has 2 rings (SSSR count). The second-order valence-corrected chi connectivity index (χ2v) is 7.16. The average molecular weight is 289 g/mol. The van der Waals surface area contributed by atoms with Crippen LogP contribution in [0.15, 0.2) is 23.2 Å². The van der Waals surface area contributed by atoms with Gasteiger partial charge in [0.25, 0.3) is 0 Å². The molecular weight excluding hydrogens is 272 g/mol. The van der Waals surface area contributed by atoms with E-state index in [1.807, 2.05) is 0 Å². The van der Waals surface area contributed by atoms with Crippen LogP contribution in [0.5, 0.6) is 0 Å². The molecule has 100 valence electrons. The van der Waals surface area contributed by atoms with Gasteiger partial charge in [-0.15, -0.1) is 0 Å². The Morgan fingerprint density at radius 2 is 2.22 bits per heavy atom. The van der Waals surface area contributed by atoms with Crippen LogP contribution in [0.4, 0.5) is 0 Å². The highest BCUT2D eigenvalue weighted by atomic mass is 35.5. The number of nitrogens with zero attached hydrogens (tertiary/aromatic N) is 2. The molecule has 0 N–H and O–H groups in total. The van der Waals surface area contributed by atoms with Crippen molar-refractivity contribution < 1.29 is 8.42 Å². The molecular formula is C12H17ClN2O2S. The highest BCUT2D eigenvalue weighted by Crippen LogP contribution is 2.30. The van der Waals surface area contributed by atoms with Gasteiger partial charge in [-0.2, -0.15) is 4.31 Å². The summed E-state index contributed by atoms with van der Waals surface area (Å²) in [6.07, 6.45) is 3.27. The normalized spacial score (nSPS) is 21.7. The van der Waals surface area contributed by atoms with E-state index < -0.39 is 10.0 Å². The van der Waals surface area contributed by atoms with Crippen LogP contribution in [0.25, 0.3) is 0 Å². The SMILES string of the molecule is CC(C)C1CCCN1S(=O)(=O)c1ccnc(Cl)c1. The summed E-state index contributed by atoms with van der Waals surface area (Å²) in [4.78, 5) is 4.05. The molecule has 0 saturated carbocycles. The molecule has 0 aromatic carbocycles. The van der Waals surface area contributed by atoms with Gasteiger partial charge in [0, 0.05) is 18.8 Å². The van der Waals surface area contributed by atoms with E-state index in [1.54, 1.807) is 4.31 Å². The largest absolute Gasteiger partial charge is 0.244 e. The Hall–Kier alpha value is -0.650. The number of hydrogen-bond donors (Lipinski definition) is 0. The summed E-state index contributed by atoms with van der Waals surface area (Å²) < 4.78 is 26.7.